The van der Waals surface area contributed by atoms with Gasteiger partial charge in [-0.3, -0.25) is 5.41 Å². The molecule has 0 fully saturated rings. The number of amidine groups is 1. The first kappa shape index (κ1) is 8.43. The second-order valence-electron chi connectivity index (χ2n) is 2.31. The average Bonchev–Trinajstić information content (AvgIpc) is 1.63. The molecule has 0 bridgehead atoms. The first-order chi connectivity index (χ1) is 4.16. The molecule has 0 unspecified atom stereocenters. The topological polar surface area (TPSA) is 47.9 Å². The van der Waals surface area contributed by atoms with Gasteiger partial charge in [0, 0.05) is 6.04 Å². The van der Waals surface area contributed by atoms with Gasteiger partial charge in [0.15, 0.2) is 0 Å². The second kappa shape index (κ2) is 4.32. The minimum absolute atomic E-state index is 0.367. The van der Waals surface area contributed by atoms with E-state index in [2.05, 4.69) is 10.6 Å². The van der Waals surface area contributed by atoms with Gasteiger partial charge in [0.05, 0.1) is 6.54 Å². The Hall–Kier alpha value is -0.570. The van der Waals surface area contributed by atoms with E-state index in [9.17, 15) is 0 Å². The van der Waals surface area contributed by atoms with Gasteiger partial charge in [-0.1, -0.05) is 0 Å². The third-order valence-electron chi connectivity index (χ3n) is 0.816. The monoisotopic (exact) mass is 129 g/mol. The van der Waals surface area contributed by atoms with Crippen molar-refractivity contribution in [3.63, 3.8) is 0 Å². The van der Waals surface area contributed by atoms with E-state index in [-0.39, 0.29) is 0 Å². The molecule has 3 nitrogen and oxygen atoms in total. The molecule has 0 atom stereocenters. The van der Waals surface area contributed by atoms with E-state index in [4.69, 9.17) is 5.41 Å². The second-order valence-corrected chi connectivity index (χ2v) is 2.31. The highest BCUT2D eigenvalue weighted by molar-refractivity contribution is 5.81. The van der Waals surface area contributed by atoms with Gasteiger partial charge in [0.1, 0.15) is 5.84 Å². The highest BCUT2D eigenvalue weighted by Gasteiger charge is 1.94. The standard InChI is InChI=1S/C6H15N3/c1-5(2)9-6(7)4-8-3/h5,8H,4H2,1-3H3,(H2,7,9). The third kappa shape index (κ3) is 5.30. The summed E-state index contributed by atoms with van der Waals surface area (Å²) < 4.78 is 0. The molecular formula is C6H15N3. The zero-order valence-electron chi connectivity index (χ0n) is 6.28. The van der Waals surface area contributed by atoms with Crippen LogP contribution in [0.15, 0.2) is 0 Å². The molecule has 0 aromatic rings. The number of likely N-dealkylation sites (N-methyl/N-ethyl adjacent to an activating group) is 1. The van der Waals surface area contributed by atoms with Gasteiger partial charge in [-0.2, -0.15) is 0 Å². The maximum Gasteiger partial charge on any atom is 0.108 e. The molecule has 0 radical (unpaired) electrons. The predicted octanol–water partition coefficient (Wildman–Crippen LogP) is 0.181. The van der Waals surface area contributed by atoms with Crippen LogP contribution >= 0.6 is 0 Å². The van der Waals surface area contributed by atoms with Crippen molar-refractivity contribution in [1.82, 2.24) is 10.6 Å². The third-order valence-corrected chi connectivity index (χ3v) is 0.816. The van der Waals surface area contributed by atoms with E-state index in [0.29, 0.717) is 18.4 Å². The Balaban J connectivity index is 3.27. The van der Waals surface area contributed by atoms with Crippen molar-refractivity contribution in [3.8, 4) is 0 Å². The fourth-order valence-electron chi connectivity index (χ4n) is 0.576. The zero-order chi connectivity index (χ0) is 7.28. The van der Waals surface area contributed by atoms with Crippen LogP contribution in [0.2, 0.25) is 0 Å². The molecular weight excluding hydrogens is 114 g/mol. The Morgan fingerprint density at radius 2 is 2.11 bits per heavy atom. The van der Waals surface area contributed by atoms with Crippen molar-refractivity contribution >= 4 is 5.84 Å². The summed E-state index contributed by atoms with van der Waals surface area (Å²) in [5, 5.41) is 13.1. The van der Waals surface area contributed by atoms with Crippen LogP contribution in [0.1, 0.15) is 13.8 Å². The largest absolute Gasteiger partial charge is 0.371 e. The van der Waals surface area contributed by atoms with Crippen LogP contribution in [0.4, 0.5) is 0 Å². The molecule has 0 spiro atoms. The van der Waals surface area contributed by atoms with Crippen LogP contribution in [0.25, 0.3) is 0 Å². The van der Waals surface area contributed by atoms with Gasteiger partial charge in [-0.15, -0.1) is 0 Å². The van der Waals surface area contributed by atoms with Crippen LogP contribution in [-0.4, -0.2) is 25.5 Å². The molecule has 0 aliphatic rings. The van der Waals surface area contributed by atoms with Crippen molar-refractivity contribution in [2.45, 2.75) is 19.9 Å². The van der Waals surface area contributed by atoms with Crippen molar-refractivity contribution in [1.29, 1.82) is 5.41 Å². The van der Waals surface area contributed by atoms with Gasteiger partial charge >= 0.3 is 0 Å². The minimum Gasteiger partial charge on any atom is -0.371 e. The fraction of sp³-hybridized carbons (Fsp3) is 0.833. The minimum atomic E-state index is 0.367. The number of hydrogen-bond donors (Lipinski definition) is 3. The Bertz CT molecular complexity index is 88.3. The van der Waals surface area contributed by atoms with Gasteiger partial charge < -0.3 is 10.6 Å². The highest BCUT2D eigenvalue weighted by atomic mass is 15.0. The van der Waals surface area contributed by atoms with Crippen molar-refractivity contribution in [2.75, 3.05) is 13.6 Å². The molecule has 0 aliphatic carbocycles. The molecule has 0 aromatic heterocycles. The molecule has 0 saturated carbocycles. The molecule has 54 valence electrons. The Kier molecular flexibility index (Phi) is 4.05. The van der Waals surface area contributed by atoms with Crippen molar-refractivity contribution in [2.24, 2.45) is 0 Å². The van der Waals surface area contributed by atoms with Gasteiger partial charge in [-0.05, 0) is 20.9 Å². The number of hydrogen-bond acceptors (Lipinski definition) is 2. The summed E-state index contributed by atoms with van der Waals surface area (Å²) in [4.78, 5) is 0. The van der Waals surface area contributed by atoms with E-state index >= 15 is 0 Å². The zero-order valence-corrected chi connectivity index (χ0v) is 6.28. The first-order valence-electron chi connectivity index (χ1n) is 3.15. The van der Waals surface area contributed by atoms with E-state index in [0.717, 1.165) is 0 Å². The highest BCUT2D eigenvalue weighted by Crippen LogP contribution is 1.74. The summed E-state index contributed by atoms with van der Waals surface area (Å²) in [5.74, 6) is 0.549. The average molecular weight is 129 g/mol. The molecule has 0 aliphatic heterocycles. The summed E-state index contributed by atoms with van der Waals surface area (Å²) in [5.41, 5.74) is 0. The SMILES string of the molecule is CNCC(=N)NC(C)C. The molecule has 0 rings (SSSR count). The van der Waals surface area contributed by atoms with E-state index in [1.54, 1.807) is 0 Å². The lowest BCUT2D eigenvalue weighted by Crippen LogP contribution is -2.35. The first-order valence-corrected chi connectivity index (χ1v) is 3.15. The van der Waals surface area contributed by atoms with Crippen molar-refractivity contribution < 1.29 is 0 Å². The maximum absolute atomic E-state index is 7.25. The molecule has 9 heavy (non-hydrogen) atoms. The van der Waals surface area contributed by atoms with E-state index < -0.39 is 0 Å². The Labute approximate surface area is 56.3 Å². The summed E-state index contributed by atoms with van der Waals surface area (Å²) in [6.07, 6.45) is 0. The van der Waals surface area contributed by atoms with Gasteiger partial charge in [0.25, 0.3) is 0 Å². The molecule has 3 N–H and O–H groups in total. The molecule has 0 saturated heterocycles. The lowest BCUT2D eigenvalue weighted by molar-refractivity contribution is 0.713. The summed E-state index contributed by atoms with van der Waals surface area (Å²) in [6.45, 7) is 4.66. The van der Waals surface area contributed by atoms with E-state index in [1.807, 2.05) is 20.9 Å². The number of rotatable bonds is 3. The van der Waals surface area contributed by atoms with Crippen LogP contribution < -0.4 is 10.6 Å². The molecule has 0 amide bonds. The maximum atomic E-state index is 7.25. The lowest BCUT2D eigenvalue weighted by atomic mass is 10.4. The Morgan fingerprint density at radius 1 is 1.56 bits per heavy atom. The lowest BCUT2D eigenvalue weighted by Gasteiger charge is -2.09. The van der Waals surface area contributed by atoms with Gasteiger partial charge in [0.2, 0.25) is 0 Å². The van der Waals surface area contributed by atoms with Crippen LogP contribution in [0.5, 0.6) is 0 Å². The summed E-state index contributed by atoms with van der Waals surface area (Å²) in [7, 11) is 1.83. The van der Waals surface area contributed by atoms with Crippen LogP contribution in [0, 0.1) is 5.41 Å². The van der Waals surface area contributed by atoms with E-state index in [1.165, 1.54) is 0 Å². The smallest absolute Gasteiger partial charge is 0.108 e. The molecule has 0 aromatic carbocycles. The summed E-state index contributed by atoms with van der Waals surface area (Å²) in [6, 6.07) is 0.367. The Morgan fingerprint density at radius 3 is 2.44 bits per heavy atom. The van der Waals surface area contributed by atoms with Gasteiger partial charge in [-0.25, -0.2) is 0 Å². The quantitative estimate of drug-likeness (QED) is 0.376. The predicted molar refractivity (Wildman–Crippen MR) is 39.9 cm³/mol. The normalized spacial score (nSPS) is 9.78. The number of nitrogens with one attached hydrogen (secondary N) is 3. The fourth-order valence-corrected chi connectivity index (χ4v) is 0.576. The summed E-state index contributed by atoms with van der Waals surface area (Å²) >= 11 is 0. The molecule has 3 heteroatoms. The van der Waals surface area contributed by atoms with Crippen LogP contribution in [0.3, 0.4) is 0 Å². The van der Waals surface area contributed by atoms with Crippen molar-refractivity contribution in [3.05, 3.63) is 0 Å². The molecule has 0 heterocycles. The van der Waals surface area contributed by atoms with Crippen LogP contribution in [-0.2, 0) is 0 Å².